The molecular formula is C24H28N2O2. The fourth-order valence-electron chi connectivity index (χ4n) is 4.47. The standard InChI is InChI=1S/C24H28N2O2/c27-23-13-21(16-26-14-19-3-1-2-4-20(19)15-26)28-24(18-6-7-18)22(23)8-5-17-9-11-25-12-10-17/h1-5,8,13,17-18,25H,6-7,9-12,14-16H2/b8-5+. The topological polar surface area (TPSA) is 45.5 Å². The first-order valence-corrected chi connectivity index (χ1v) is 10.6. The van der Waals surface area contributed by atoms with Gasteiger partial charge in [-0.3, -0.25) is 9.69 Å². The van der Waals surface area contributed by atoms with Gasteiger partial charge in [0, 0.05) is 25.1 Å². The van der Waals surface area contributed by atoms with Crippen LogP contribution in [0, 0.1) is 5.92 Å². The Morgan fingerprint density at radius 3 is 2.46 bits per heavy atom. The van der Waals surface area contributed by atoms with Gasteiger partial charge in [0.25, 0.3) is 0 Å². The van der Waals surface area contributed by atoms with Crippen LogP contribution in [0.15, 0.2) is 45.6 Å². The van der Waals surface area contributed by atoms with E-state index in [9.17, 15) is 4.79 Å². The minimum Gasteiger partial charge on any atom is -0.464 e. The van der Waals surface area contributed by atoms with E-state index < -0.39 is 0 Å². The first kappa shape index (κ1) is 17.9. The SMILES string of the molecule is O=c1cc(CN2Cc3ccccc3C2)oc(C2CC2)c1/C=C/C1CCNCC1. The van der Waals surface area contributed by atoms with Crippen molar-refractivity contribution in [2.75, 3.05) is 13.1 Å². The van der Waals surface area contributed by atoms with Crippen molar-refractivity contribution in [3.05, 3.63) is 74.8 Å². The van der Waals surface area contributed by atoms with E-state index in [0.29, 0.717) is 18.4 Å². The number of fused-ring (bicyclic) bond motifs is 1. The molecule has 0 amide bonds. The summed E-state index contributed by atoms with van der Waals surface area (Å²) in [6.45, 7) is 4.68. The van der Waals surface area contributed by atoms with Gasteiger partial charge in [-0.25, -0.2) is 0 Å². The van der Waals surface area contributed by atoms with Crippen molar-refractivity contribution in [1.82, 2.24) is 10.2 Å². The Morgan fingerprint density at radius 2 is 1.79 bits per heavy atom. The second-order valence-electron chi connectivity index (χ2n) is 8.49. The van der Waals surface area contributed by atoms with Gasteiger partial charge in [-0.2, -0.15) is 0 Å². The van der Waals surface area contributed by atoms with Gasteiger partial charge in [0.15, 0.2) is 5.43 Å². The summed E-state index contributed by atoms with van der Waals surface area (Å²) < 4.78 is 6.31. The first-order valence-electron chi connectivity index (χ1n) is 10.6. The van der Waals surface area contributed by atoms with Gasteiger partial charge in [-0.1, -0.05) is 36.4 Å². The van der Waals surface area contributed by atoms with Crippen LogP contribution in [0.25, 0.3) is 6.08 Å². The molecule has 4 nitrogen and oxygen atoms in total. The molecular weight excluding hydrogens is 348 g/mol. The minimum atomic E-state index is 0.116. The summed E-state index contributed by atoms with van der Waals surface area (Å²) in [6, 6.07) is 10.3. The molecule has 0 bridgehead atoms. The summed E-state index contributed by atoms with van der Waals surface area (Å²) in [6.07, 6.45) is 8.84. The van der Waals surface area contributed by atoms with Crippen molar-refractivity contribution in [3.63, 3.8) is 0 Å². The molecule has 4 heteroatoms. The van der Waals surface area contributed by atoms with Crippen LogP contribution in [0.2, 0.25) is 0 Å². The lowest BCUT2D eigenvalue weighted by Crippen LogP contribution is -2.26. The number of nitrogens with zero attached hydrogens (tertiary/aromatic N) is 1. The third kappa shape index (κ3) is 3.85. The number of hydrogen-bond acceptors (Lipinski definition) is 4. The Balaban J connectivity index is 1.36. The smallest absolute Gasteiger partial charge is 0.192 e. The Bertz CT molecular complexity index is 911. The Kier molecular flexibility index (Phi) is 4.91. The van der Waals surface area contributed by atoms with Gasteiger partial charge < -0.3 is 9.73 Å². The lowest BCUT2D eigenvalue weighted by atomic mass is 9.96. The molecule has 3 aliphatic rings. The first-order chi connectivity index (χ1) is 13.8. The molecule has 2 aromatic rings. The highest BCUT2D eigenvalue weighted by molar-refractivity contribution is 5.53. The van der Waals surface area contributed by atoms with Crippen LogP contribution in [-0.2, 0) is 19.6 Å². The van der Waals surface area contributed by atoms with Gasteiger partial charge in [-0.15, -0.1) is 0 Å². The van der Waals surface area contributed by atoms with E-state index >= 15 is 0 Å². The largest absolute Gasteiger partial charge is 0.464 e. The maximum absolute atomic E-state index is 12.9. The molecule has 0 spiro atoms. The van der Waals surface area contributed by atoms with Crippen molar-refractivity contribution in [2.45, 2.75) is 51.2 Å². The van der Waals surface area contributed by atoms with E-state index in [1.54, 1.807) is 6.07 Å². The molecule has 1 N–H and O–H groups in total. The molecule has 28 heavy (non-hydrogen) atoms. The van der Waals surface area contributed by atoms with E-state index in [4.69, 9.17) is 4.42 Å². The summed E-state index contributed by atoms with van der Waals surface area (Å²) in [7, 11) is 0. The van der Waals surface area contributed by atoms with Gasteiger partial charge in [-0.05, 0) is 55.8 Å². The molecule has 0 atom stereocenters. The normalized spacial score (nSPS) is 20.7. The lowest BCUT2D eigenvalue weighted by molar-refractivity contribution is 0.244. The average molecular weight is 377 g/mol. The number of rotatable bonds is 5. The lowest BCUT2D eigenvalue weighted by Gasteiger charge is -2.19. The zero-order chi connectivity index (χ0) is 18.9. The zero-order valence-electron chi connectivity index (χ0n) is 16.3. The molecule has 1 aromatic carbocycles. The van der Waals surface area contributed by atoms with Crippen LogP contribution in [0.1, 0.15) is 59.8 Å². The molecule has 146 valence electrons. The van der Waals surface area contributed by atoms with E-state index in [1.807, 2.05) is 6.08 Å². The number of allylic oxidation sites excluding steroid dienone is 1. The van der Waals surface area contributed by atoms with Gasteiger partial charge in [0.05, 0.1) is 12.1 Å². The Morgan fingerprint density at radius 1 is 1.07 bits per heavy atom. The van der Waals surface area contributed by atoms with Crippen LogP contribution < -0.4 is 10.7 Å². The van der Waals surface area contributed by atoms with Crippen LogP contribution >= 0.6 is 0 Å². The molecule has 1 aromatic heterocycles. The molecule has 2 aliphatic heterocycles. The molecule has 5 rings (SSSR count). The monoisotopic (exact) mass is 376 g/mol. The predicted molar refractivity (Wildman–Crippen MR) is 111 cm³/mol. The summed E-state index contributed by atoms with van der Waals surface area (Å²) in [4.78, 5) is 15.3. The van der Waals surface area contributed by atoms with Crippen LogP contribution in [0.3, 0.4) is 0 Å². The fourth-order valence-corrected chi connectivity index (χ4v) is 4.47. The third-order valence-corrected chi connectivity index (χ3v) is 6.22. The average Bonchev–Trinajstić information content (AvgIpc) is 3.47. The number of hydrogen-bond donors (Lipinski definition) is 1. The molecule has 1 saturated carbocycles. The summed E-state index contributed by atoms with van der Waals surface area (Å²) in [5.41, 5.74) is 3.67. The van der Waals surface area contributed by atoms with E-state index in [0.717, 1.165) is 68.9 Å². The van der Waals surface area contributed by atoms with Gasteiger partial charge >= 0.3 is 0 Å². The minimum absolute atomic E-state index is 0.116. The maximum atomic E-state index is 12.9. The molecule has 0 unspecified atom stereocenters. The van der Waals surface area contributed by atoms with Crippen LogP contribution in [0.4, 0.5) is 0 Å². The van der Waals surface area contributed by atoms with Crippen molar-refractivity contribution in [2.24, 2.45) is 5.92 Å². The second kappa shape index (κ2) is 7.69. The highest BCUT2D eigenvalue weighted by Gasteiger charge is 2.30. The summed E-state index contributed by atoms with van der Waals surface area (Å²) in [5, 5.41) is 3.39. The Hall–Kier alpha value is -2.17. The number of piperidine rings is 1. The molecule has 1 aliphatic carbocycles. The van der Waals surface area contributed by atoms with Gasteiger partial charge in [0.2, 0.25) is 0 Å². The van der Waals surface area contributed by atoms with E-state index in [-0.39, 0.29) is 5.43 Å². The van der Waals surface area contributed by atoms with E-state index in [1.165, 1.54) is 11.1 Å². The van der Waals surface area contributed by atoms with Crippen molar-refractivity contribution >= 4 is 6.08 Å². The van der Waals surface area contributed by atoms with Crippen LogP contribution in [-0.4, -0.2) is 18.0 Å². The summed E-state index contributed by atoms with van der Waals surface area (Å²) in [5.74, 6) is 2.72. The second-order valence-corrected chi connectivity index (χ2v) is 8.49. The van der Waals surface area contributed by atoms with Gasteiger partial charge in [0.1, 0.15) is 11.5 Å². The third-order valence-electron chi connectivity index (χ3n) is 6.22. The summed E-state index contributed by atoms with van der Waals surface area (Å²) >= 11 is 0. The zero-order valence-corrected chi connectivity index (χ0v) is 16.3. The Labute approximate surface area is 166 Å². The molecule has 0 radical (unpaired) electrons. The number of benzene rings is 1. The highest BCUT2D eigenvalue weighted by Crippen LogP contribution is 2.42. The highest BCUT2D eigenvalue weighted by atomic mass is 16.3. The van der Waals surface area contributed by atoms with Crippen molar-refractivity contribution in [3.8, 4) is 0 Å². The predicted octanol–water partition coefficient (Wildman–Crippen LogP) is 4.05. The van der Waals surface area contributed by atoms with Crippen molar-refractivity contribution in [1.29, 1.82) is 0 Å². The fraction of sp³-hybridized carbons (Fsp3) is 0.458. The maximum Gasteiger partial charge on any atom is 0.192 e. The van der Waals surface area contributed by atoms with Crippen LogP contribution in [0.5, 0.6) is 0 Å². The quantitative estimate of drug-likeness (QED) is 0.855. The molecule has 1 saturated heterocycles. The number of nitrogens with one attached hydrogen (secondary N) is 1. The van der Waals surface area contributed by atoms with Crippen molar-refractivity contribution < 1.29 is 4.42 Å². The molecule has 2 fully saturated rings. The van der Waals surface area contributed by atoms with E-state index in [2.05, 4.69) is 40.6 Å². The molecule has 3 heterocycles.